The number of hydrogen-bond acceptors (Lipinski definition) is 3. The predicted octanol–water partition coefficient (Wildman–Crippen LogP) is 3.19. The average Bonchev–Trinajstić information content (AvgIpc) is 2.33. The van der Waals surface area contributed by atoms with E-state index >= 15 is 0 Å². The number of hydrogen-bond donors (Lipinski definition) is 1. The van der Waals surface area contributed by atoms with Gasteiger partial charge in [0.15, 0.2) is 0 Å². The molecule has 0 aliphatic heterocycles. The van der Waals surface area contributed by atoms with Crippen molar-refractivity contribution in [3.63, 3.8) is 0 Å². The molecule has 1 aromatic carbocycles. The molecule has 0 saturated heterocycles. The summed E-state index contributed by atoms with van der Waals surface area (Å²) in [6.45, 7) is 0. The van der Waals surface area contributed by atoms with E-state index in [2.05, 4.69) is 0 Å². The van der Waals surface area contributed by atoms with Gasteiger partial charge in [-0.2, -0.15) is 0 Å². The Balaban J connectivity index is 2.28. The van der Waals surface area contributed by atoms with Gasteiger partial charge in [0.2, 0.25) is 0 Å². The maximum absolute atomic E-state index is 10.9. The van der Waals surface area contributed by atoms with Crippen molar-refractivity contribution in [3.05, 3.63) is 35.9 Å². The second kappa shape index (κ2) is 5.07. The number of rotatable bonds is 2. The van der Waals surface area contributed by atoms with E-state index in [4.69, 9.17) is 16.3 Å². The molecule has 1 aliphatic rings. The Bertz CT molecular complexity index is 393. The van der Waals surface area contributed by atoms with Gasteiger partial charge in [-0.1, -0.05) is 30.3 Å². The van der Waals surface area contributed by atoms with Crippen molar-refractivity contribution in [3.8, 4) is 0 Å². The lowest BCUT2D eigenvalue weighted by molar-refractivity contribution is -0.104. The fourth-order valence-corrected chi connectivity index (χ4v) is 2.56. The van der Waals surface area contributed by atoms with Crippen molar-refractivity contribution in [2.45, 2.75) is 37.4 Å². The van der Waals surface area contributed by atoms with Crippen LogP contribution in [0.4, 0.5) is 4.79 Å². The normalized spacial score (nSPS) is 28.7. The molecule has 2 atom stereocenters. The van der Waals surface area contributed by atoms with E-state index in [1.54, 1.807) is 0 Å². The summed E-state index contributed by atoms with van der Waals surface area (Å²) in [4.78, 5) is 10.9. The topological polar surface area (TPSA) is 46.5 Å². The van der Waals surface area contributed by atoms with Crippen molar-refractivity contribution in [1.29, 1.82) is 0 Å². The van der Waals surface area contributed by atoms with Crippen LogP contribution in [0.2, 0.25) is 0 Å². The van der Waals surface area contributed by atoms with Gasteiger partial charge in [-0.15, -0.1) is 0 Å². The van der Waals surface area contributed by atoms with Crippen LogP contribution in [-0.4, -0.2) is 16.6 Å². The molecule has 0 heterocycles. The van der Waals surface area contributed by atoms with Gasteiger partial charge in [-0.3, -0.25) is 0 Å². The molecule has 1 aliphatic carbocycles. The van der Waals surface area contributed by atoms with Gasteiger partial charge in [0.1, 0.15) is 11.7 Å². The molecule has 1 fully saturated rings. The van der Waals surface area contributed by atoms with Crippen molar-refractivity contribution >= 4 is 17.0 Å². The molecule has 1 saturated carbocycles. The lowest BCUT2D eigenvalue weighted by Gasteiger charge is -2.39. The van der Waals surface area contributed by atoms with Crippen LogP contribution in [0.15, 0.2) is 30.3 Å². The van der Waals surface area contributed by atoms with Crippen LogP contribution in [-0.2, 0) is 10.3 Å². The summed E-state index contributed by atoms with van der Waals surface area (Å²) in [6, 6.07) is 9.31. The molecule has 0 bridgehead atoms. The standard InChI is InChI=1S/C13H15ClO3/c14-12(15)17-11-8-4-5-9-13(11,16)10-6-2-1-3-7-10/h1-3,6-7,11,16H,4-5,8-9H2. The quantitative estimate of drug-likeness (QED) is 0.825. The third kappa shape index (κ3) is 2.61. The molecule has 1 N–H and O–H groups in total. The van der Waals surface area contributed by atoms with Gasteiger partial charge in [0, 0.05) is 11.6 Å². The van der Waals surface area contributed by atoms with Gasteiger partial charge in [0.05, 0.1) is 0 Å². The summed E-state index contributed by atoms with van der Waals surface area (Å²) >= 11 is 5.25. The van der Waals surface area contributed by atoms with Gasteiger partial charge < -0.3 is 9.84 Å². The van der Waals surface area contributed by atoms with E-state index in [1.165, 1.54) is 0 Å². The minimum Gasteiger partial charge on any atom is -0.447 e. The summed E-state index contributed by atoms with van der Waals surface area (Å²) < 4.78 is 5.04. The van der Waals surface area contributed by atoms with Crippen LogP contribution in [0.3, 0.4) is 0 Å². The van der Waals surface area contributed by atoms with Crippen LogP contribution in [0, 0.1) is 0 Å². The summed E-state index contributed by atoms with van der Waals surface area (Å²) in [7, 11) is 0. The Morgan fingerprint density at radius 1 is 1.35 bits per heavy atom. The molecule has 4 heteroatoms. The molecule has 1 aromatic rings. The fourth-order valence-electron chi connectivity index (χ4n) is 2.45. The van der Waals surface area contributed by atoms with E-state index < -0.39 is 17.1 Å². The maximum Gasteiger partial charge on any atom is 0.404 e. The first kappa shape index (κ1) is 12.4. The first-order valence-electron chi connectivity index (χ1n) is 5.77. The van der Waals surface area contributed by atoms with Crippen LogP contribution in [0.1, 0.15) is 31.2 Å². The average molecular weight is 255 g/mol. The second-order valence-corrected chi connectivity index (χ2v) is 4.69. The lowest BCUT2D eigenvalue weighted by Crippen LogP contribution is -2.44. The lowest BCUT2D eigenvalue weighted by atomic mass is 9.77. The largest absolute Gasteiger partial charge is 0.447 e. The van der Waals surface area contributed by atoms with Gasteiger partial charge in [-0.05, 0) is 31.2 Å². The van der Waals surface area contributed by atoms with Gasteiger partial charge in [-0.25, -0.2) is 4.79 Å². The van der Waals surface area contributed by atoms with Crippen LogP contribution >= 0.6 is 11.6 Å². The Hall–Kier alpha value is -1.06. The Kier molecular flexibility index (Phi) is 3.69. The van der Waals surface area contributed by atoms with Crippen LogP contribution in [0.5, 0.6) is 0 Å². The highest BCUT2D eigenvalue weighted by Gasteiger charge is 2.42. The Labute approximate surface area is 105 Å². The second-order valence-electron chi connectivity index (χ2n) is 4.38. The zero-order valence-corrected chi connectivity index (χ0v) is 10.2. The number of benzene rings is 1. The van der Waals surface area contributed by atoms with Crippen molar-refractivity contribution in [2.75, 3.05) is 0 Å². The molecular formula is C13H15ClO3. The number of carbonyl (C=O) groups is 1. The third-order valence-corrected chi connectivity index (χ3v) is 3.40. The molecule has 2 unspecified atom stereocenters. The summed E-state index contributed by atoms with van der Waals surface area (Å²) in [5, 5.41) is 10.7. The molecule has 0 amide bonds. The zero-order valence-electron chi connectivity index (χ0n) is 9.43. The van der Waals surface area contributed by atoms with Crippen molar-refractivity contribution < 1.29 is 14.6 Å². The SMILES string of the molecule is O=C(Cl)OC1CCCCC1(O)c1ccccc1. The van der Waals surface area contributed by atoms with Crippen LogP contribution < -0.4 is 0 Å². The number of aliphatic hydroxyl groups is 1. The smallest absolute Gasteiger partial charge is 0.404 e. The fraction of sp³-hybridized carbons (Fsp3) is 0.462. The van der Waals surface area contributed by atoms with Crippen molar-refractivity contribution in [1.82, 2.24) is 0 Å². The highest BCUT2D eigenvalue weighted by molar-refractivity contribution is 6.61. The van der Waals surface area contributed by atoms with E-state index in [1.807, 2.05) is 30.3 Å². The number of halogens is 1. The molecular weight excluding hydrogens is 240 g/mol. The monoisotopic (exact) mass is 254 g/mol. The zero-order chi connectivity index (χ0) is 12.3. The van der Waals surface area contributed by atoms with Crippen molar-refractivity contribution in [2.24, 2.45) is 0 Å². The molecule has 17 heavy (non-hydrogen) atoms. The highest BCUT2D eigenvalue weighted by Crippen LogP contribution is 2.39. The number of carbonyl (C=O) groups excluding carboxylic acids is 1. The van der Waals surface area contributed by atoms with E-state index in [9.17, 15) is 9.90 Å². The van der Waals surface area contributed by atoms with E-state index in [-0.39, 0.29) is 0 Å². The van der Waals surface area contributed by atoms with Gasteiger partial charge >= 0.3 is 5.43 Å². The van der Waals surface area contributed by atoms with Crippen LogP contribution in [0.25, 0.3) is 0 Å². The van der Waals surface area contributed by atoms with Gasteiger partial charge in [0.25, 0.3) is 0 Å². The molecule has 0 radical (unpaired) electrons. The first-order chi connectivity index (χ1) is 8.13. The maximum atomic E-state index is 10.9. The molecule has 0 spiro atoms. The summed E-state index contributed by atoms with van der Waals surface area (Å²) in [5.41, 5.74) is -1.18. The molecule has 2 rings (SSSR count). The Morgan fingerprint density at radius 2 is 2.06 bits per heavy atom. The van der Waals surface area contributed by atoms with E-state index in [0.717, 1.165) is 18.4 Å². The molecule has 0 aromatic heterocycles. The number of ether oxygens (including phenoxy) is 1. The Morgan fingerprint density at radius 3 is 2.71 bits per heavy atom. The summed E-state index contributed by atoms with van der Waals surface area (Å²) in [5.74, 6) is 0. The predicted molar refractivity (Wildman–Crippen MR) is 64.9 cm³/mol. The first-order valence-corrected chi connectivity index (χ1v) is 6.15. The highest BCUT2D eigenvalue weighted by atomic mass is 35.5. The minimum absolute atomic E-state index is 0.552. The summed E-state index contributed by atoms with van der Waals surface area (Å²) in [6.07, 6.45) is 2.53. The molecule has 3 nitrogen and oxygen atoms in total. The molecule has 92 valence electrons. The third-order valence-electron chi connectivity index (χ3n) is 3.32. The van der Waals surface area contributed by atoms with E-state index in [0.29, 0.717) is 12.8 Å². The minimum atomic E-state index is -1.11.